The van der Waals surface area contributed by atoms with E-state index in [1.807, 2.05) is 14.7 Å². The van der Waals surface area contributed by atoms with Crippen molar-refractivity contribution in [3.05, 3.63) is 23.2 Å². The predicted octanol–water partition coefficient (Wildman–Crippen LogP) is -0.354. The first-order chi connectivity index (χ1) is 13.9. The number of carbonyl (C=O) groups is 2. The van der Waals surface area contributed by atoms with Crippen LogP contribution in [0.15, 0.2) is 23.2 Å². The van der Waals surface area contributed by atoms with E-state index < -0.39 is 25.8 Å². The molecule has 4 aliphatic rings. The van der Waals surface area contributed by atoms with Crippen molar-refractivity contribution in [2.45, 2.75) is 18.5 Å². The number of rotatable bonds is 6. The van der Waals surface area contributed by atoms with E-state index >= 15 is 0 Å². The van der Waals surface area contributed by atoms with Gasteiger partial charge in [0, 0.05) is 45.3 Å². The number of carbonyl (C=O) groups excluding carboxylic acids is 2. The Kier molecular flexibility index (Phi) is 5.81. The van der Waals surface area contributed by atoms with Gasteiger partial charge in [0.25, 0.3) is 0 Å². The molecule has 0 saturated carbocycles. The molecule has 15 heteroatoms. The second kappa shape index (κ2) is 7.78. The molecule has 0 bridgehead atoms. The summed E-state index contributed by atoms with van der Waals surface area (Å²) in [6.07, 6.45) is -9.10. The van der Waals surface area contributed by atoms with Crippen LogP contribution >= 0.6 is 0 Å². The molecule has 30 heavy (non-hydrogen) atoms. The highest BCUT2D eigenvalue weighted by atomic mass is 19.4. The molecule has 3 aliphatic heterocycles. The second-order valence-corrected chi connectivity index (χ2v) is 6.77. The number of Topliss-reactive ketones (excluding diaryl/α,β-unsaturated/α-hetero) is 1. The number of hydrogen-bond acceptors (Lipinski definition) is 8. The molecule has 3 heterocycles. The van der Waals surface area contributed by atoms with E-state index in [0.29, 0.717) is 17.1 Å². The summed E-state index contributed by atoms with van der Waals surface area (Å²) in [4.78, 5) is 30.5. The zero-order valence-electron chi connectivity index (χ0n) is 15.2. The highest BCUT2D eigenvalue weighted by molar-refractivity contribution is 6.32. The minimum absolute atomic E-state index is 0.00546. The third kappa shape index (κ3) is 4.57. The summed E-state index contributed by atoms with van der Waals surface area (Å²) in [7, 11) is -3.28. The Labute approximate surface area is 166 Å². The topological polar surface area (TPSA) is 92.9 Å². The summed E-state index contributed by atoms with van der Waals surface area (Å²) in [5.41, 5.74) is 1.89. The Morgan fingerprint density at radius 2 is 1.37 bits per heavy atom. The van der Waals surface area contributed by atoms with Gasteiger partial charge in [-0.2, -0.15) is 17.6 Å². The molecule has 0 amide bonds. The van der Waals surface area contributed by atoms with Crippen LogP contribution in [0.1, 0.15) is 0 Å². The standard InChI is InChI=1S/C12H13N3O2.C3H3BF6O3/c16-9-7-8(13-1-2-13)12(17)11(15-5-6-15)10(9)14-3-4-14;5-1(6)2(7,3(8,9)10)13-4(11)12/h7H,1-6H2;1,11-12H. The minimum Gasteiger partial charge on any atom is -0.402 e. The predicted molar refractivity (Wildman–Crippen MR) is 87.0 cm³/mol. The smallest absolute Gasteiger partial charge is 0.402 e. The monoisotopic (exact) mass is 443 g/mol. The van der Waals surface area contributed by atoms with Crippen molar-refractivity contribution in [3.8, 4) is 0 Å². The maximum absolute atomic E-state index is 12.4. The summed E-state index contributed by atoms with van der Waals surface area (Å²) in [5, 5.41) is 15.5. The lowest BCUT2D eigenvalue weighted by atomic mass is 10.0. The van der Waals surface area contributed by atoms with Crippen LogP contribution in [-0.2, 0) is 14.2 Å². The molecule has 1 aliphatic carbocycles. The number of ketones is 2. The fourth-order valence-electron chi connectivity index (χ4n) is 2.67. The maximum atomic E-state index is 12.4. The number of hydrogen-bond donors (Lipinski definition) is 2. The van der Waals surface area contributed by atoms with Crippen LogP contribution in [0, 0.1) is 0 Å². The Hall–Kier alpha value is -2.26. The summed E-state index contributed by atoms with van der Waals surface area (Å²) < 4.78 is 72.4. The van der Waals surface area contributed by atoms with Gasteiger partial charge in [-0.25, -0.2) is 8.78 Å². The van der Waals surface area contributed by atoms with Crippen molar-refractivity contribution in [3.63, 3.8) is 0 Å². The van der Waals surface area contributed by atoms with Crippen molar-refractivity contribution in [2.24, 2.45) is 0 Å². The molecule has 166 valence electrons. The van der Waals surface area contributed by atoms with Crippen molar-refractivity contribution in [1.29, 1.82) is 0 Å². The number of nitrogens with zero attached hydrogens (tertiary/aromatic N) is 3. The SMILES string of the molecule is O=C1C=C(N2CC2)C(=O)C(N2CC2)=C1N1CC1.OB(O)OC(F)(C(F)F)C(F)(F)F. The number of alkyl halides is 6. The zero-order valence-corrected chi connectivity index (χ0v) is 15.2. The molecule has 8 nitrogen and oxygen atoms in total. The van der Waals surface area contributed by atoms with Crippen LogP contribution < -0.4 is 0 Å². The van der Waals surface area contributed by atoms with Gasteiger partial charge in [0.15, 0.2) is 0 Å². The average Bonchev–Trinajstić information content (AvgIpc) is 3.43. The first-order valence-electron chi connectivity index (χ1n) is 8.74. The molecular weight excluding hydrogens is 427 g/mol. The molecule has 1 atom stereocenters. The number of halogens is 6. The van der Waals surface area contributed by atoms with E-state index in [1.54, 1.807) is 0 Å². The summed E-state index contributed by atoms with van der Waals surface area (Å²) in [5.74, 6) is -5.33. The van der Waals surface area contributed by atoms with E-state index in [4.69, 9.17) is 10.0 Å². The Morgan fingerprint density at radius 1 is 0.900 bits per heavy atom. The maximum Gasteiger partial charge on any atom is 0.636 e. The van der Waals surface area contributed by atoms with Crippen LogP contribution in [0.25, 0.3) is 0 Å². The molecule has 0 aromatic heterocycles. The van der Waals surface area contributed by atoms with Crippen molar-refractivity contribution in [2.75, 3.05) is 39.3 Å². The van der Waals surface area contributed by atoms with Crippen LogP contribution in [0.4, 0.5) is 26.3 Å². The van der Waals surface area contributed by atoms with E-state index in [-0.39, 0.29) is 11.6 Å². The first-order valence-corrected chi connectivity index (χ1v) is 8.74. The molecular formula is C15H16BF6N3O5. The summed E-state index contributed by atoms with van der Waals surface area (Å²) in [6.45, 7) is 5.41. The molecule has 0 aromatic rings. The highest BCUT2D eigenvalue weighted by Crippen LogP contribution is 2.40. The minimum atomic E-state index is -6.05. The quantitative estimate of drug-likeness (QED) is 0.249. The van der Waals surface area contributed by atoms with Gasteiger partial charge in [-0.05, 0) is 0 Å². The van der Waals surface area contributed by atoms with Gasteiger partial charge >= 0.3 is 25.8 Å². The van der Waals surface area contributed by atoms with Crippen molar-refractivity contribution < 1.29 is 50.6 Å². The highest BCUT2D eigenvalue weighted by Gasteiger charge is 2.65. The molecule has 3 saturated heterocycles. The summed E-state index contributed by atoms with van der Waals surface area (Å²) >= 11 is 0. The third-order valence-corrected chi connectivity index (χ3v) is 4.43. The molecule has 2 N–H and O–H groups in total. The first kappa shape index (κ1) is 22.4. The van der Waals surface area contributed by atoms with Crippen molar-refractivity contribution >= 4 is 18.9 Å². The van der Waals surface area contributed by atoms with Crippen molar-refractivity contribution in [1.82, 2.24) is 14.7 Å². The number of allylic oxidation sites excluding steroid dienone is 1. The van der Waals surface area contributed by atoms with Gasteiger partial charge in [-0.15, -0.1) is 0 Å². The van der Waals surface area contributed by atoms with Crippen LogP contribution in [0.5, 0.6) is 0 Å². The lowest BCUT2D eigenvalue weighted by molar-refractivity contribution is -0.348. The third-order valence-electron chi connectivity index (χ3n) is 4.43. The molecule has 0 aromatic carbocycles. The van der Waals surface area contributed by atoms with Gasteiger partial charge in [-0.1, -0.05) is 0 Å². The van der Waals surface area contributed by atoms with Gasteiger partial charge < -0.3 is 29.4 Å². The molecule has 1 unspecified atom stereocenters. The van der Waals surface area contributed by atoms with Gasteiger partial charge in [0.2, 0.25) is 11.6 Å². The van der Waals surface area contributed by atoms with Crippen LogP contribution in [0.3, 0.4) is 0 Å². The van der Waals surface area contributed by atoms with E-state index in [0.717, 1.165) is 39.3 Å². The molecule has 0 radical (unpaired) electrons. The van der Waals surface area contributed by atoms with E-state index in [2.05, 4.69) is 4.65 Å². The fourth-order valence-corrected chi connectivity index (χ4v) is 2.67. The molecule has 3 fully saturated rings. The average molecular weight is 443 g/mol. The Morgan fingerprint density at radius 3 is 1.70 bits per heavy atom. The Balaban J connectivity index is 0.000000180. The lowest BCUT2D eigenvalue weighted by Gasteiger charge is -2.26. The largest absolute Gasteiger partial charge is 0.636 e. The second-order valence-electron chi connectivity index (χ2n) is 6.77. The Bertz CT molecular complexity index is 792. The summed E-state index contributed by atoms with van der Waals surface area (Å²) in [6, 6.07) is 0. The van der Waals surface area contributed by atoms with E-state index in [1.165, 1.54) is 6.08 Å². The van der Waals surface area contributed by atoms with Gasteiger partial charge in [-0.3, -0.25) is 9.59 Å². The zero-order chi connectivity index (χ0) is 22.4. The van der Waals surface area contributed by atoms with Gasteiger partial charge in [0.1, 0.15) is 11.4 Å². The van der Waals surface area contributed by atoms with Gasteiger partial charge in [0.05, 0.1) is 5.70 Å². The fraction of sp³-hybridized carbons (Fsp3) is 0.600. The van der Waals surface area contributed by atoms with Crippen LogP contribution in [-0.4, -0.2) is 101 Å². The molecule has 0 spiro atoms. The normalized spacial score (nSPS) is 22.6. The molecule has 4 rings (SSSR count). The van der Waals surface area contributed by atoms with Crippen LogP contribution in [0.2, 0.25) is 0 Å². The lowest BCUT2D eigenvalue weighted by Crippen LogP contribution is -2.52. The van der Waals surface area contributed by atoms with E-state index in [9.17, 15) is 35.9 Å².